The highest BCUT2D eigenvalue weighted by Gasteiger charge is 2.09. The minimum atomic E-state index is -1.06. The minimum absolute atomic E-state index is 0.0796. The van der Waals surface area contributed by atoms with Gasteiger partial charge in [0.2, 0.25) is 0 Å². The molecular weight excluding hydrogens is 186 g/mol. The minimum Gasteiger partial charge on any atom is -0.478 e. The second-order valence-electron chi connectivity index (χ2n) is 2.91. The third-order valence-corrected chi connectivity index (χ3v) is 2.02. The molecule has 0 aliphatic rings. The number of aromatic nitrogens is 1. The summed E-state index contributed by atoms with van der Waals surface area (Å²) in [5, 5.41) is 8.99. The van der Waals surface area contributed by atoms with E-state index in [4.69, 9.17) is 9.63 Å². The van der Waals surface area contributed by atoms with Gasteiger partial charge in [-0.1, -0.05) is 0 Å². The highest BCUT2D eigenvalue weighted by atomic mass is 16.5. The van der Waals surface area contributed by atoms with Gasteiger partial charge < -0.3 is 9.63 Å². The molecule has 2 rings (SSSR count). The molecule has 0 spiro atoms. The van der Waals surface area contributed by atoms with Gasteiger partial charge in [0.1, 0.15) is 0 Å². The lowest BCUT2D eigenvalue weighted by Gasteiger charge is -1.93. The topological polar surface area (TPSA) is 72.4 Å². The van der Waals surface area contributed by atoms with Crippen molar-refractivity contribution in [1.82, 2.24) is 4.74 Å². The molecule has 5 heteroatoms. The Balaban J connectivity index is 2.84. The molecule has 5 nitrogen and oxygen atoms in total. The number of nitrogens with zero attached hydrogens (tertiary/aromatic N) is 1. The van der Waals surface area contributed by atoms with Gasteiger partial charge in [0.25, 0.3) is 0 Å². The molecule has 0 aliphatic heterocycles. The van der Waals surface area contributed by atoms with E-state index in [9.17, 15) is 9.59 Å². The zero-order valence-electron chi connectivity index (χ0n) is 7.35. The van der Waals surface area contributed by atoms with Gasteiger partial charge in [-0.3, -0.25) is 0 Å². The summed E-state index contributed by atoms with van der Waals surface area (Å²) < 4.78 is 6.08. The molecule has 72 valence electrons. The number of aryl methyl sites for hydroxylation is 1. The van der Waals surface area contributed by atoms with Crippen LogP contribution in [0, 0.1) is 0 Å². The molecule has 1 aromatic heterocycles. The van der Waals surface area contributed by atoms with Crippen LogP contribution in [0.1, 0.15) is 10.4 Å². The van der Waals surface area contributed by atoms with E-state index in [-0.39, 0.29) is 10.9 Å². The van der Waals surface area contributed by atoms with E-state index in [0.29, 0.717) is 5.52 Å². The predicted molar refractivity (Wildman–Crippen MR) is 48.4 cm³/mol. The molecule has 1 heterocycles. The molecule has 0 aliphatic carbocycles. The first-order chi connectivity index (χ1) is 6.59. The summed E-state index contributed by atoms with van der Waals surface area (Å²) in [5.41, 5.74) is 0.140. The first-order valence-electron chi connectivity index (χ1n) is 3.93. The Morgan fingerprint density at radius 2 is 2.21 bits per heavy atom. The molecule has 2 aromatic rings. The lowest BCUT2D eigenvalue weighted by Crippen LogP contribution is -1.97. The van der Waals surface area contributed by atoms with Gasteiger partial charge in [-0.05, 0) is 18.2 Å². The van der Waals surface area contributed by atoms with Crippen LogP contribution in [0.2, 0.25) is 0 Å². The third-order valence-electron chi connectivity index (χ3n) is 2.02. The maximum absolute atomic E-state index is 11.2. The molecule has 0 saturated heterocycles. The van der Waals surface area contributed by atoms with Crippen LogP contribution in [0.5, 0.6) is 0 Å². The van der Waals surface area contributed by atoms with Gasteiger partial charge >= 0.3 is 11.6 Å². The molecule has 0 fully saturated rings. The second-order valence-corrected chi connectivity index (χ2v) is 2.91. The molecule has 0 radical (unpaired) electrons. The number of carboxylic acids is 1. The van der Waals surface area contributed by atoms with Crippen molar-refractivity contribution in [2.75, 3.05) is 0 Å². The van der Waals surface area contributed by atoms with Gasteiger partial charge in [0.05, 0.1) is 16.5 Å². The van der Waals surface area contributed by atoms with Crippen LogP contribution in [0.15, 0.2) is 27.5 Å². The predicted octanol–water partition coefficient (Wildman–Crippen LogP) is 0.830. The number of carbonyl (C=O) groups is 1. The molecule has 1 N–H and O–H groups in total. The summed E-state index contributed by atoms with van der Waals surface area (Å²) in [5.74, 6) is -1.06. The van der Waals surface area contributed by atoms with Crippen LogP contribution >= 0.6 is 0 Å². The number of aromatic carboxylic acids is 1. The fourth-order valence-electron chi connectivity index (χ4n) is 1.33. The Hall–Kier alpha value is -2.04. The smallest absolute Gasteiger partial charge is 0.365 e. The summed E-state index contributed by atoms with van der Waals surface area (Å²) in [7, 11) is 1.59. The van der Waals surface area contributed by atoms with E-state index in [1.54, 1.807) is 13.1 Å². The molecule has 0 bridgehead atoms. The van der Waals surface area contributed by atoms with E-state index in [0.717, 1.165) is 0 Å². The Kier molecular flexibility index (Phi) is 1.67. The van der Waals surface area contributed by atoms with Crippen molar-refractivity contribution in [2.45, 2.75) is 0 Å². The van der Waals surface area contributed by atoms with Crippen LogP contribution < -0.4 is 5.63 Å². The lowest BCUT2D eigenvalue weighted by molar-refractivity contribution is 0.0697. The fraction of sp³-hybridized carbons (Fsp3) is 0.111. The maximum Gasteiger partial charge on any atom is 0.365 e. The summed E-state index contributed by atoms with van der Waals surface area (Å²) >= 11 is 0. The molecule has 0 unspecified atom stereocenters. The number of hydrogen-bond acceptors (Lipinski definition) is 3. The van der Waals surface area contributed by atoms with Crippen molar-refractivity contribution in [3.8, 4) is 0 Å². The van der Waals surface area contributed by atoms with Crippen molar-refractivity contribution in [3.63, 3.8) is 0 Å². The Morgan fingerprint density at radius 3 is 2.86 bits per heavy atom. The molecule has 0 atom stereocenters. The number of benzene rings is 1. The number of hydrogen-bond donors (Lipinski definition) is 1. The van der Waals surface area contributed by atoms with Crippen LogP contribution in [0.25, 0.3) is 10.9 Å². The van der Waals surface area contributed by atoms with E-state index in [1.807, 2.05) is 0 Å². The summed E-state index contributed by atoms with van der Waals surface area (Å²) in [6, 6.07) is 4.28. The van der Waals surface area contributed by atoms with Crippen molar-refractivity contribution in [3.05, 3.63) is 34.2 Å². The van der Waals surface area contributed by atoms with Crippen molar-refractivity contribution < 1.29 is 14.4 Å². The molecule has 0 saturated carbocycles. The third kappa shape index (κ3) is 1.10. The molecule has 1 aromatic carbocycles. The van der Waals surface area contributed by atoms with E-state index >= 15 is 0 Å². The standard InChI is InChI=1S/C9H7NO4/c1-10-7-3-2-5(8(11)12)4-6(7)9(13)14-10/h2-4H,1H3,(H,11,12). The Bertz CT molecular complexity index is 564. The average Bonchev–Trinajstić information content (AvgIpc) is 2.42. The highest BCUT2D eigenvalue weighted by molar-refractivity contribution is 5.92. The van der Waals surface area contributed by atoms with E-state index < -0.39 is 11.6 Å². The van der Waals surface area contributed by atoms with Crippen molar-refractivity contribution >= 4 is 16.9 Å². The van der Waals surface area contributed by atoms with Gasteiger partial charge in [0, 0.05) is 7.05 Å². The number of fused-ring (bicyclic) bond motifs is 1. The SMILES string of the molecule is Cn1oc(=O)c2cc(C(=O)O)ccc21. The second kappa shape index (κ2) is 2.73. The Labute approximate surface area is 78.1 Å². The maximum atomic E-state index is 11.2. The molecule has 14 heavy (non-hydrogen) atoms. The first-order valence-corrected chi connectivity index (χ1v) is 3.93. The van der Waals surface area contributed by atoms with Crippen molar-refractivity contribution in [1.29, 1.82) is 0 Å². The normalized spacial score (nSPS) is 10.6. The van der Waals surface area contributed by atoms with Crippen LogP contribution in [0.4, 0.5) is 0 Å². The van der Waals surface area contributed by atoms with Gasteiger partial charge in [-0.15, -0.1) is 0 Å². The van der Waals surface area contributed by atoms with Crippen LogP contribution in [-0.2, 0) is 7.05 Å². The lowest BCUT2D eigenvalue weighted by atomic mass is 10.1. The fourth-order valence-corrected chi connectivity index (χ4v) is 1.33. The number of rotatable bonds is 1. The number of carboxylic acid groups (broad SMARTS) is 1. The monoisotopic (exact) mass is 193 g/mol. The summed E-state index contributed by atoms with van der Waals surface area (Å²) in [6.45, 7) is 0. The van der Waals surface area contributed by atoms with Crippen LogP contribution in [-0.4, -0.2) is 15.8 Å². The zero-order valence-corrected chi connectivity index (χ0v) is 7.35. The largest absolute Gasteiger partial charge is 0.478 e. The Morgan fingerprint density at radius 1 is 1.50 bits per heavy atom. The molecular formula is C9H7NO4. The quantitative estimate of drug-likeness (QED) is 0.728. The average molecular weight is 193 g/mol. The molecule has 0 amide bonds. The van der Waals surface area contributed by atoms with Gasteiger partial charge in [-0.2, -0.15) is 0 Å². The van der Waals surface area contributed by atoms with E-state index in [2.05, 4.69) is 0 Å². The van der Waals surface area contributed by atoms with Crippen LogP contribution in [0.3, 0.4) is 0 Å². The van der Waals surface area contributed by atoms with Gasteiger partial charge in [-0.25, -0.2) is 14.3 Å². The van der Waals surface area contributed by atoms with E-state index in [1.165, 1.54) is 16.9 Å². The van der Waals surface area contributed by atoms with Crippen molar-refractivity contribution in [2.24, 2.45) is 7.05 Å². The summed E-state index contributed by atoms with van der Waals surface area (Å²) in [4.78, 5) is 21.8. The highest BCUT2D eigenvalue weighted by Crippen LogP contribution is 2.12. The zero-order chi connectivity index (χ0) is 10.3. The summed E-state index contributed by atoms with van der Waals surface area (Å²) in [6.07, 6.45) is 0. The first kappa shape index (κ1) is 8.55. The van der Waals surface area contributed by atoms with Gasteiger partial charge in [0.15, 0.2) is 0 Å².